The molecule has 0 aliphatic heterocycles. The Hall–Kier alpha value is -3.39. The maximum Gasteiger partial charge on any atom is 0.216 e. The van der Waals surface area contributed by atoms with Crippen LogP contribution in [-0.4, -0.2) is 36.3 Å². The number of H-pyrrole nitrogens is 2. The minimum atomic E-state index is 0.394. The molecule has 0 atom stereocenters. The summed E-state index contributed by atoms with van der Waals surface area (Å²) in [7, 11) is 0. The summed E-state index contributed by atoms with van der Waals surface area (Å²) in [5.74, 6) is 0.555. The van der Waals surface area contributed by atoms with Crippen molar-refractivity contribution in [2.75, 3.05) is 0 Å². The van der Waals surface area contributed by atoms with E-state index in [1.54, 1.807) is 23.3 Å². The molecule has 0 aliphatic rings. The van der Waals surface area contributed by atoms with Crippen molar-refractivity contribution in [2.24, 2.45) is 5.10 Å². The van der Waals surface area contributed by atoms with Gasteiger partial charge in [0.05, 0.1) is 11.9 Å². The first-order valence-corrected chi connectivity index (χ1v) is 7.95. The van der Waals surface area contributed by atoms with Crippen LogP contribution in [0.4, 0.5) is 0 Å². The van der Waals surface area contributed by atoms with Gasteiger partial charge in [0.1, 0.15) is 5.69 Å². The third-order valence-electron chi connectivity index (χ3n) is 3.55. The van der Waals surface area contributed by atoms with E-state index in [0.29, 0.717) is 10.6 Å². The van der Waals surface area contributed by atoms with Gasteiger partial charge in [-0.3, -0.25) is 10.1 Å². The minimum absolute atomic E-state index is 0.394. The van der Waals surface area contributed by atoms with Crippen LogP contribution in [0.1, 0.15) is 5.56 Å². The van der Waals surface area contributed by atoms with Gasteiger partial charge in [-0.25, -0.2) is 5.10 Å². The summed E-state index contributed by atoms with van der Waals surface area (Å²) in [6.07, 6.45) is 5.11. The highest BCUT2D eigenvalue weighted by molar-refractivity contribution is 7.71. The number of nitrogens with one attached hydrogen (secondary N) is 2. The molecule has 4 aromatic rings. The van der Waals surface area contributed by atoms with Gasteiger partial charge in [0.2, 0.25) is 10.6 Å². The van der Waals surface area contributed by atoms with Gasteiger partial charge in [-0.15, -0.1) is 0 Å². The summed E-state index contributed by atoms with van der Waals surface area (Å²) < 4.78 is 1.94. The molecule has 0 fully saturated rings. The lowest BCUT2D eigenvalue weighted by atomic mass is 10.1. The molecular weight excluding hydrogens is 334 g/mol. The van der Waals surface area contributed by atoms with E-state index >= 15 is 0 Å². The molecule has 0 radical (unpaired) electrons. The van der Waals surface area contributed by atoms with Crippen molar-refractivity contribution in [1.29, 1.82) is 0 Å². The summed E-state index contributed by atoms with van der Waals surface area (Å²) in [5.41, 5.74) is 3.43. The molecule has 0 spiro atoms. The number of hydrogen-bond acceptors (Lipinski definition) is 5. The Morgan fingerprint density at radius 1 is 1.04 bits per heavy atom. The zero-order valence-corrected chi connectivity index (χ0v) is 13.8. The first kappa shape index (κ1) is 15.2. The molecule has 1 aromatic carbocycles. The molecule has 0 amide bonds. The highest BCUT2D eigenvalue weighted by atomic mass is 32.1. The topological polar surface area (TPSA) is 87.5 Å². The van der Waals surface area contributed by atoms with Crippen LogP contribution in [0.3, 0.4) is 0 Å². The van der Waals surface area contributed by atoms with Gasteiger partial charge in [0, 0.05) is 23.5 Å². The first-order chi connectivity index (χ1) is 12.3. The lowest BCUT2D eigenvalue weighted by Crippen LogP contribution is -1.95. The van der Waals surface area contributed by atoms with Gasteiger partial charge < -0.3 is 0 Å². The molecule has 0 saturated carbocycles. The Morgan fingerprint density at radius 3 is 2.72 bits per heavy atom. The maximum atomic E-state index is 5.27. The Morgan fingerprint density at radius 2 is 1.92 bits per heavy atom. The summed E-state index contributed by atoms with van der Waals surface area (Å²) in [6.45, 7) is 0. The van der Waals surface area contributed by atoms with Crippen LogP contribution in [0.5, 0.6) is 0 Å². The number of pyridine rings is 1. The molecule has 122 valence electrons. The zero-order valence-electron chi connectivity index (χ0n) is 13.0. The van der Waals surface area contributed by atoms with E-state index in [1.165, 1.54) is 0 Å². The highest BCUT2D eigenvalue weighted by Gasteiger charge is 2.12. The van der Waals surface area contributed by atoms with Crippen LogP contribution in [0.25, 0.3) is 22.8 Å². The van der Waals surface area contributed by atoms with Crippen molar-refractivity contribution in [3.8, 4) is 22.8 Å². The number of rotatable bonds is 4. The Labute approximate surface area is 148 Å². The molecule has 8 heteroatoms. The van der Waals surface area contributed by atoms with Crippen molar-refractivity contribution in [2.45, 2.75) is 0 Å². The van der Waals surface area contributed by atoms with Crippen molar-refractivity contribution < 1.29 is 0 Å². The quantitative estimate of drug-likeness (QED) is 0.438. The lowest BCUT2D eigenvalue weighted by Gasteiger charge is -1.97. The molecule has 3 heterocycles. The van der Waals surface area contributed by atoms with Gasteiger partial charge >= 0.3 is 0 Å². The van der Waals surface area contributed by atoms with Gasteiger partial charge in [-0.2, -0.15) is 20.0 Å². The van der Waals surface area contributed by atoms with Crippen LogP contribution < -0.4 is 0 Å². The molecular formula is C17H13N7S. The van der Waals surface area contributed by atoms with Gasteiger partial charge in [-0.05, 0) is 24.4 Å². The van der Waals surface area contributed by atoms with Crippen LogP contribution in [0.15, 0.2) is 66.0 Å². The summed E-state index contributed by atoms with van der Waals surface area (Å²) in [5, 5.41) is 18.7. The summed E-state index contributed by atoms with van der Waals surface area (Å²) in [6, 6.07) is 15.6. The molecule has 0 unspecified atom stereocenters. The predicted octanol–water partition coefficient (Wildman–Crippen LogP) is 3.27. The van der Waals surface area contributed by atoms with Gasteiger partial charge in [0.25, 0.3) is 0 Å². The van der Waals surface area contributed by atoms with Gasteiger partial charge in [0.15, 0.2) is 0 Å². The van der Waals surface area contributed by atoms with E-state index in [0.717, 1.165) is 22.5 Å². The second kappa shape index (κ2) is 6.62. The molecule has 3 aromatic heterocycles. The second-order valence-corrected chi connectivity index (χ2v) is 5.61. The van der Waals surface area contributed by atoms with Crippen LogP contribution >= 0.6 is 12.2 Å². The van der Waals surface area contributed by atoms with Gasteiger partial charge in [-0.1, -0.05) is 36.4 Å². The fraction of sp³-hybridized carbons (Fsp3) is 0. The van der Waals surface area contributed by atoms with E-state index in [9.17, 15) is 0 Å². The average molecular weight is 347 g/mol. The normalized spacial score (nSPS) is 11.2. The predicted molar refractivity (Wildman–Crippen MR) is 97.7 cm³/mol. The fourth-order valence-corrected chi connectivity index (χ4v) is 2.52. The third kappa shape index (κ3) is 3.15. The zero-order chi connectivity index (χ0) is 17.1. The second-order valence-electron chi connectivity index (χ2n) is 5.23. The smallest absolute Gasteiger partial charge is 0.216 e. The largest absolute Gasteiger partial charge is 0.274 e. The number of aromatic amines is 2. The van der Waals surface area contributed by atoms with E-state index in [-0.39, 0.29) is 0 Å². The third-order valence-corrected chi connectivity index (χ3v) is 3.81. The van der Waals surface area contributed by atoms with Crippen molar-refractivity contribution in [1.82, 2.24) is 30.1 Å². The molecule has 0 aliphatic carbocycles. The SMILES string of the molecule is S=c1[nH]nc(-c2cc(-c3ccccc3)n[nH]2)n1/N=C/c1cccnc1. The number of nitrogens with zero attached hydrogens (tertiary/aromatic N) is 5. The van der Waals surface area contributed by atoms with Crippen molar-refractivity contribution in [3.63, 3.8) is 0 Å². The molecule has 0 saturated heterocycles. The van der Waals surface area contributed by atoms with E-state index in [1.807, 2.05) is 48.5 Å². The molecule has 25 heavy (non-hydrogen) atoms. The number of hydrogen-bond donors (Lipinski definition) is 2. The average Bonchev–Trinajstić information content (AvgIpc) is 3.28. The fourth-order valence-electron chi connectivity index (χ4n) is 2.34. The maximum absolute atomic E-state index is 5.27. The lowest BCUT2D eigenvalue weighted by molar-refractivity contribution is 0.865. The Kier molecular flexibility index (Phi) is 4.01. The Bertz CT molecular complexity index is 1060. The molecule has 4 rings (SSSR count). The highest BCUT2D eigenvalue weighted by Crippen LogP contribution is 2.22. The molecule has 7 nitrogen and oxygen atoms in total. The number of aromatic nitrogens is 6. The minimum Gasteiger partial charge on any atom is -0.274 e. The molecule has 0 bridgehead atoms. The van der Waals surface area contributed by atoms with E-state index in [4.69, 9.17) is 12.2 Å². The van der Waals surface area contributed by atoms with Crippen molar-refractivity contribution in [3.05, 3.63) is 71.3 Å². The standard InChI is InChI=1S/C17H13N7S/c25-17-23-22-16(24(17)19-11-12-5-4-8-18-10-12)15-9-14(20-21-15)13-6-2-1-3-7-13/h1-11H,(H,20,21)(H,23,25)/b19-11+. The monoisotopic (exact) mass is 347 g/mol. The van der Waals surface area contributed by atoms with E-state index in [2.05, 4.69) is 30.5 Å². The summed E-state index contributed by atoms with van der Waals surface area (Å²) >= 11 is 5.27. The van der Waals surface area contributed by atoms with Crippen LogP contribution in [-0.2, 0) is 0 Å². The first-order valence-electron chi connectivity index (χ1n) is 7.54. The van der Waals surface area contributed by atoms with Crippen molar-refractivity contribution >= 4 is 18.4 Å². The number of benzene rings is 1. The van der Waals surface area contributed by atoms with Crippen LogP contribution in [0, 0.1) is 4.77 Å². The van der Waals surface area contributed by atoms with E-state index < -0.39 is 0 Å². The van der Waals surface area contributed by atoms with Crippen LogP contribution in [0.2, 0.25) is 0 Å². The Balaban J connectivity index is 1.70. The summed E-state index contributed by atoms with van der Waals surface area (Å²) in [4.78, 5) is 4.06. The molecule has 2 N–H and O–H groups in total.